The number of benzene rings is 2. The Kier molecular flexibility index (Phi) is 4.45. The number of ether oxygens (including phenoxy) is 2. The van der Waals surface area contributed by atoms with Gasteiger partial charge in [0.2, 0.25) is 0 Å². The third-order valence-corrected chi connectivity index (χ3v) is 3.06. The Morgan fingerprint density at radius 3 is 2.35 bits per heavy atom. The monoisotopic (exact) mass is 273 g/mol. The lowest BCUT2D eigenvalue weighted by atomic mass is 10.1. The summed E-state index contributed by atoms with van der Waals surface area (Å²) in [5, 5.41) is 2.10. The van der Waals surface area contributed by atoms with Crippen LogP contribution in [0.15, 0.2) is 36.4 Å². The number of amides is 1. The van der Waals surface area contributed by atoms with Crippen molar-refractivity contribution in [2.75, 3.05) is 6.61 Å². The Hall–Kier alpha value is -2.23. The summed E-state index contributed by atoms with van der Waals surface area (Å²) in [6.45, 7) is 4.44. The minimum absolute atomic E-state index is 0.448. The molecule has 1 unspecified atom stereocenters. The Labute approximate surface area is 118 Å². The predicted octanol–water partition coefficient (Wildman–Crippen LogP) is 2.88. The molecule has 0 aliphatic rings. The van der Waals surface area contributed by atoms with E-state index in [0.29, 0.717) is 18.8 Å². The Morgan fingerprint density at radius 2 is 1.75 bits per heavy atom. The molecule has 0 aliphatic heterocycles. The van der Waals surface area contributed by atoms with Crippen molar-refractivity contribution in [3.05, 3.63) is 36.4 Å². The first kappa shape index (κ1) is 14.2. The van der Waals surface area contributed by atoms with E-state index < -0.39 is 12.0 Å². The van der Waals surface area contributed by atoms with Crippen molar-refractivity contribution in [3.8, 4) is 11.5 Å². The van der Waals surface area contributed by atoms with Gasteiger partial charge < -0.3 is 15.2 Å². The van der Waals surface area contributed by atoms with E-state index in [4.69, 9.17) is 15.2 Å². The first-order chi connectivity index (χ1) is 9.63. The zero-order chi connectivity index (χ0) is 14.5. The van der Waals surface area contributed by atoms with Crippen LogP contribution in [-0.4, -0.2) is 18.6 Å². The van der Waals surface area contributed by atoms with E-state index >= 15 is 0 Å². The third-order valence-electron chi connectivity index (χ3n) is 3.06. The number of hydrogen-bond acceptors (Lipinski definition) is 3. The van der Waals surface area contributed by atoms with Gasteiger partial charge in [-0.1, -0.05) is 19.1 Å². The smallest absolute Gasteiger partial charge is 0.258 e. The summed E-state index contributed by atoms with van der Waals surface area (Å²) in [6, 6.07) is 11.6. The lowest BCUT2D eigenvalue weighted by molar-refractivity contribution is -0.124. The summed E-state index contributed by atoms with van der Waals surface area (Å²) in [7, 11) is 0. The molecule has 4 nitrogen and oxygen atoms in total. The molecule has 0 aromatic heterocycles. The molecule has 4 heteroatoms. The van der Waals surface area contributed by atoms with E-state index in [2.05, 4.69) is 0 Å². The molecule has 0 fully saturated rings. The van der Waals surface area contributed by atoms with Gasteiger partial charge in [0.25, 0.3) is 5.91 Å². The number of carbonyl (C=O) groups excluding carboxylic acids is 1. The molecule has 0 radical (unpaired) electrons. The molecular weight excluding hydrogens is 254 g/mol. The second kappa shape index (κ2) is 6.28. The first-order valence-electron chi connectivity index (χ1n) is 6.76. The number of hydrogen-bond donors (Lipinski definition) is 1. The van der Waals surface area contributed by atoms with Crippen molar-refractivity contribution >= 4 is 16.7 Å². The van der Waals surface area contributed by atoms with Crippen molar-refractivity contribution < 1.29 is 14.3 Å². The highest BCUT2D eigenvalue weighted by Crippen LogP contribution is 2.25. The summed E-state index contributed by atoms with van der Waals surface area (Å²) < 4.78 is 11.1. The highest BCUT2D eigenvalue weighted by atomic mass is 16.5. The minimum Gasteiger partial charge on any atom is -0.494 e. The molecule has 0 aliphatic carbocycles. The van der Waals surface area contributed by atoms with Crippen molar-refractivity contribution in [1.82, 2.24) is 0 Å². The van der Waals surface area contributed by atoms with Crippen LogP contribution in [0.2, 0.25) is 0 Å². The fourth-order valence-electron chi connectivity index (χ4n) is 2.04. The van der Waals surface area contributed by atoms with Gasteiger partial charge in [0.15, 0.2) is 6.10 Å². The predicted molar refractivity (Wildman–Crippen MR) is 79.0 cm³/mol. The normalized spacial score (nSPS) is 12.1. The highest BCUT2D eigenvalue weighted by molar-refractivity contribution is 5.85. The van der Waals surface area contributed by atoms with Crippen molar-refractivity contribution in [3.63, 3.8) is 0 Å². The molecule has 0 spiro atoms. The lowest BCUT2D eigenvalue weighted by Crippen LogP contribution is -2.32. The number of rotatable bonds is 6. The molecule has 106 valence electrons. The number of nitrogens with two attached hydrogens (primary N) is 1. The van der Waals surface area contributed by atoms with E-state index in [1.54, 1.807) is 0 Å². The highest BCUT2D eigenvalue weighted by Gasteiger charge is 2.14. The topological polar surface area (TPSA) is 61.6 Å². The van der Waals surface area contributed by atoms with Crippen LogP contribution in [-0.2, 0) is 4.79 Å². The SMILES string of the molecule is CCOc1ccc2ccc(OC(CC)C(N)=O)cc2c1. The zero-order valence-electron chi connectivity index (χ0n) is 11.8. The fraction of sp³-hybridized carbons (Fsp3) is 0.312. The van der Waals surface area contributed by atoms with Crippen LogP contribution in [0.3, 0.4) is 0 Å². The van der Waals surface area contributed by atoms with Crippen molar-refractivity contribution in [2.45, 2.75) is 26.4 Å². The standard InChI is InChI=1S/C16H19NO3/c1-3-15(16(17)18)20-14-8-6-11-5-7-13(19-4-2)9-12(11)10-14/h5-10,15H,3-4H2,1-2H3,(H2,17,18). The van der Waals surface area contributed by atoms with Crippen LogP contribution >= 0.6 is 0 Å². The van der Waals surface area contributed by atoms with Gasteiger partial charge in [0, 0.05) is 0 Å². The molecule has 1 amide bonds. The quantitative estimate of drug-likeness (QED) is 0.880. The van der Waals surface area contributed by atoms with Crippen molar-refractivity contribution in [1.29, 1.82) is 0 Å². The maximum Gasteiger partial charge on any atom is 0.258 e. The first-order valence-corrected chi connectivity index (χ1v) is 6.76. The summed E-state index contributed by atoms with van der Waals surface area (Å²) in [5.74, 6) is 1.01. The van der Waals surface area contributed by atoms with Crippen LogP contribution in [0.1, 0.15) is 20.3 Å². The van der Waals surface area contributed by atoms with Crippen LogP contribution in [0, 0.1) is 0 Å². The van der Waals surface area contributed by atoms with Crippen molar-refractivity contribution in [2.24, 2.45) is 5.73 Å². The molecule has 0 heterocycles. The number of primary amides is 1. The van der Waals surface area contributed by atoms with E-state index in [0.717, 1.165) is 16.5 Å². The van der Waals surface area contributed by atoms with Crippen LogP contribution in [0.5, 0.6) is 11.5 Å². The van der Waals surface area contributed by atoms with Crippen LogP contribution in [0.25, 0.3) is 10.8 Å². The zero-order valence-corrected chi connectivity index (χ0v) is 11.8. The number of fused-ring (bicyclic) bond motifs is 1. The van der Waals surface area contributed by atoms with Gasteiger partial charge in [-0.05, 0) is 48.4 Å². The Balaban J connectivity index is 2.29. The Morgan fingerprint density at radius 1 is 1.10 bits per heavy atom. The van der Waals surface area contributed by atoms with Gasteiger partial charge >= 0.3 is 0 Å². The van der Waals surface area contributed by atoms with Gasteiger partial charge in [0.05, 0.1) is 6.61 Å². The van der Waals surface area contributed by atoms with E-state index in [1.807, 2.05) is 50.2 Å². The third kappa shape index (κ3) is 3.20. The maximum absolute atomic E-state index is 11.2. The van der Waals surface area contributed by atoms with Crippen LogP contribution in [0.4, 0.5) is 0 Å². The largest absolute Gasteiger partial charge is 0.494 e. The maximum atomic E-state index is 11.2. The molecule has 2 aromatic rings. The average molecular weight is 273 g/mol. The second-order valence-corrected chi connectivity index (χ2v) is 4.52. The molecule has 0 saturated heterocycles. The summed E-state index contributed by atoms with van der Waals surface area (Å²) >= 11 is 0. The molecular formula is C16H19NO3. The average Bonchev–Trinajstić information content (AvgIpc) is 2.44. The van der Waals surface area contributed by atoms with Gasteiger partial charge in [0.1, 0.15) is 11.5 Å². The second-order valence-electron chi connectivity index (χ2n) is 4.52. The molecule has 0 saturated carbocycles. The van der Waals surface area contributed by atoms with Gasteiger partial charge in [-0.15, -0.1) is 0 Å². The number of carbonyl (C=O) groups is 1. The summed E-state index contributed by atoms with van der Waals surface area (Å²) in [5.41, 5.74) is 5.29. The molecule has 2 N–H and O–H groups in total. The van der Waals surface area contributed by atoms with Crippen LogP contribution < -0.4 is 15.2 Å². The van der Waals surface area contributed by atoms with Gasteiger partial charge in [-0.25, -0.2) is 0 Å². The molecule has 2 rings (SSSR count). The molecule has 0 bridgehead atoms. The molecule has 1 atom stereocenters. The van der Waals surface area contributed by atoms with Gasteiger partial charge in [-0.2, -0.15) is 0 Å². The fourth-order valence-corrected chi connectivity index (χ4v) is 2.04. The molecule has 20 heavy (non-hydrogen) atoms. The molecule has 2 aromatic carbocycles. The Bertz CT molecular complexity index is 610. The van der Waals surface area contributed by atoms with E-state index in [1.165, 1.54) is 0 Å². The lowest BCUT2D eigenvalue weighted by Gasteiger charge is -2.14. The summed E-state index contributed by atoms with van der Waals surface area (Å²) in [4.78, 5) is 11.2. The van der Waals surface area contributed by atoms with E-state index in [-0.39, 0.29) is 0 Å². The van der Waals surface area contributed by atoms with E-state index in [9.17, 15) is 4.79 Å². The minimum atomic E-state index is -0.595. The summed E-state index contributed by atoms with van der Waals surface area (Å²) in [6.07, 6.45) is -0.0469. The van der Waals surface area contributed by atoms with Gasteiger partial charge in [-0.3, -0.25) is 4.79 Å².